The number of hydrogen-bond donors (Lipinski definition) is 2. The second-order valence-corrected chi connectivity index (χ2v) is 11.0. The lowest BCUT2D eigenvalue weighted by atomic mass is 9.81. The van der Waals surface area contributed by atoms with Gasteiger partial charge in [-0.25, -0.2) is 4.68 Å². The highest BCUT2D eigenvalue weighted by molar-refractivity contribution is 6.32. The molecule has 1 aromatic heterocycles. The first kappa shape index (κ1) is 30.8. The van der Waals surface area contributed by atoms with Crippen molar-refractivity contribution in [3.8, 4) is 5.69 Å². The Kier molecular flexibility index (Phi) is 8.51. The van der Waals surface area contributed by atoms with Crippen LogP contribution >= 0.6 is 11.6 Å². The fourth-order valence-corrected chi connectivity index (χ4v) is 5.46. The third-order valence-electron chi connectivity index (χ3n) is 7.44. The Morgan fingerprint density at radius 1 is 1.02 bits per heavy atom. The molecule has 3 amide bonds. The van der Waals surface area contributed by atoms with Gasteiger partial charge in [0.05, 0.1) is 16.9 Å². The highest BCUT2D eigenvalue weighted by Gasteiger charge is 2.45. The fourth-order valence-electron chi connectivity index (χ4n) is 5.40. The van der Waals surface area contributed by atoms with Crippen LogP contribution in [-0.4, -0.2) is 45.5 Å². The minimum absolute atomic E-state index is 0.232. The van der Waals surface area contributed by atoms with Gasteiger partial charge in [-0.3, -0.25) is 19.3 Å². The van der Waals surface area contributed by atoms with Crippen LogP contribution in [0.2, 0.25) is 0 Å². The van der Waals surface area contributed by atoms with Gasteiger partial charge >= 0.3 is 6.18 Å². The first-order valence-electron chi connectivity index (χ1n) is 13.9. The number of likely N-dealkylation sites (N-methyl/N-ethyl adjacent to an activating group) is 1. The van der Waals surface area contributed by atoms with E-state index in [4.69, 9.17) is 16.7 Å². The molecule has 3 atom stereocenters. The first-order valence-corrected chi connectivity index (χ1v) is 14.3. The maximum atomic E-state index is 14.2. The summed E-state index contributed by atoms with van der Waals surface area (Å²) < 4.78 is 41.9. The Morgan fingerprint density at radius 2 is 1.73 bits per heavy atom. The topological polar surface area (TPSA) is 96.3 Å². The zero-order valence-corrected chi connectivity index (χ0v) is 24.8. The number of halogens is 4. The van der Waals surface area contributed by atoms with Gasteiger partial charge < -0.3 is 10.6 Å². The SMILES string of the molecule is CCN1C(=O)[C@H](NC(=O)c2cccc(C(F)(F)F)c2)[C@@H](c2cccc(NC(=O)[C@H](C)Cl)c2)c2c(C)nn(-c3ccccc3)c21. The molecule has 12 heteroatoms. The number of aromatic nitrogens is 2. The largest absolute Gasteiger partial charge is 0.416 e. The smallest absolute Gasteiger partial charge is 0.339 e. The lowest BCUT2D eigenvalue weighted by Gasteiger charge is -2.38. The van der Waals surface area contributed by atoms with Gasteiger partial charge in [-0.1, -0.05) is 36.4 Å². The number of amides is 3. The van der Waals surface area contributed by atoms with Crippen LogP contribution in [0.5, 0.6) is 0 Å². The molecule has 2 heterocycles. The maximum absolute atomic E-state index is 14.2. The summed E-state index contributed by atoms with van der Waals surface area (Å²) in [4.78, 5) is 41.6. The highest BCUT2D eigenvalue weighted by atomic mass is 35.5. The molecule has 8 nitrogen and oxygen atoms in total. The third kappa shape index (κ3) is 5.92. The summed E-state index contributed by atoms with van der Waals surface area (Å²) in [6.45, 7) is 5.35. The molecule has 1 aliphatic rings. The van der Waals surface area contributed by atoms with Gasteiger partial charge in [-0.05, 0) is 68.8 Å². The van der Waals surface area contributed by atoms with E-state index in [2.05, 4.69) is 10.6 Å². The minimum Gasteiger partial charge on any atom is -0.339 e. The van der Waals surface area contributed by atoms with E-state index in [-0.39, 0.29) is 12.1 Å². The van der Waals surface area contributed by atoms with E-state index in [1.54, 1.807) is 42.8 Å². The number of nitrogens with zero attached hydrogens (tertiary/aromatic N) is 3. The van der Waals surface area contributed by atoms with Crippen molar-refractivity contribution >= 4 is 40.8 Å². The van der Waals surface area contributed by atoms with Gasteiger partial charge in [0.15, 0.2) is 0 Å². The molecule has 0 unspecified atom stereocenters. The number of alkyl halides is 4. The third-order valence-corrected chi connectivity index (χ3v) is 7.64. The van der Waals surface area contributed by atoms with E-state index in [1.807, 2.05) is 30.3 Å². The first-order chi connectivity index (χ1) is 20.9. The van der Waals surface area contributed by atoms with Crippen molar-refractivity contribution in [1.82, 2.24) is 15.1 Å². The number of para-hydroxylation sites is 1. The van der Waals surface area contributed by atoms with E-state index >= 15 is 0 Å². The van der Waals surface area contributed by atoms with E-state index < -0.39 is 46.8 Å². The molecule has 0 saturated heterocycles. The molecular formula is C32H29ClF3N5O3. The van der Waals surface area contributed by atoms with Crippen LogP contribution in [0.25, 0.3) is 5.69 Å². The van der Waals surface area contributed by atoms with Gasteiger partial charge in [-0.15, -0.1) is 11.6 Å². The van der Waals surface area contributed by atoms with Crippen LogP contribution in [-0.2, 0) is 15.8 Å². The van der Waals surface area contributed by atoms with Gasteiger partial charge in [0, 0.05) is 29.3 Å². The average molecular weight is 624 g/mol. The molecule has 2 N–H and O–H groups in total. The zero-order valence-electron chi connectivity index (χ0n) is 24.0. The Morgan fingerprint density at radius 3 is 2.39 bits per heavy atom. The number of carbonyl (C=O) groups excluding carboxylic acids is 3. The number of carbonyl (C=O) groups is 3. The van der Waals surface area contributed by atoms with Crippen LogP contribution in [0.1, 0.15) is 52.5 Å². The fraction of sp³-hybridized carbons (Fsp3) is 0.250. The predicted octanol–water partition coefficient (Wildman–Crippen LogP) is 6.06. The van der Waals surface area contributed by atoms with Crippen molar-refractivity contribution in [3.05, 3.63) is 107 Å². The molecule has 1 aliphatic heterocycles. The van der Waals surface area contributed by atoms with Crippen molar-refractivity contribution < 1.29 is 27.6 Å². The van der Waals surface area contributed by atoms with Crippen molar-refractivity contribution in [2.75, 3.05) is 16.8 Å². The molecule has 5 rings (SSSR count). The number of benzene rings is 3. The van der Waals surface area contributed by atoms with E-state index in [0.717, 1.165) is 18.2 Å². The van der Waals surface area contributed by atoms with Crippen molar-refractivity contribution in [1.29, 1.82) is 0 Å². The van der Waals surface area contributed by atoms with Gasteiger partial charge in [0.2, 0.25) is 5.91 Å². The molecule has 0 aliphatic carbocycles. The van der Waals surface area contributed by atoms with E-state index in [1.165, 1.54) is 17.9 Å². The molecule has 0 saturated carbocycles. The summed E-state index contributed by atoms with van der Waals surface area (Å²) in [6.07, 6.45) is -4.65. The summed E-state index contributed by atoms with van der Waals surface area (Å²) >= 11 is 5.95. The predicted molar refractivity (Wildman–Crippen MR) is 161 cm³/mol. The molecule has 228 valence electrons. The van der Waals surface area contributed by atoms with Crippen LogP contribution in [0.4, 0.5) is 24.7 Å². The van der Waals surface area contributed by atoms with Crippen LogP contribution in [0.3, 0.4) is 0 Å². The number of hydrogen-bond acceptors (Lipinski definition) is 4. The second kappa shape index (κ2) is 12.2. The average Bonchev–Trinajstić information content (AvgIpc) is 3.34. The normalized spacial score (nSPS) is 17.2. The highest BCUT2D eigenvalue weighted by Crippen LogP contribution is 2.44. The number of fused-ring (bicyclic) bond motifs is 1. The monoisotopic (exact) mass is 623 g/mol. The van der Waals surface area contributed by atoms with E-state index in [0.29, 0.717) is 34.0 Å². The summed E-state index contributed by atoms with van der Waals surface area (Å²) in [7, 11) is 0. The lowest BCUT2D eigenvalue weighted by Crippen LogP contribution is -2.55. The number of rotatable bonds is 7. The maximum Gasteiger partial charge on any atom is 0.416 e. The molecule has 44 heavy (non-hydrogen) atoms. The second-order valence-electron chi connectivity index (χ2n) is 10.4. The summed E-state index contributed by atoms with van der Waals surface area (Å²) in [5.41, 5.74) is 1.72. The molecule has 4 aromatic rings. The number of aryl methyl sites for hydroxylation is 1. The Labute approximate surface area is 256 Å². The van der Waals surface area contributed by atoms with Crippen LogP contribution in [0, 0.1) is 6.92 Å². The van der Waals surface area contributed by atoms with E-state index in [9.17, 15) is 27.6 Å². The molecule has 0 fully saturated rings. The van der Waals surface area contributed by atoms with Crippen LogP contribution in [0.15, 0.2) is 78.9 Å². The van der Waals surface area contributed by atoms with Gasteiger partial charge in [0.1, 0.15) is 17.2 Å². The lowest BCUT2D eigenvalue weighted by molar-refractivity contribution is -0.137. The number of nitrogens with one attached hydrogen (secondary N) is 2. The Balaban J connectivity index is 1.66. The van der Waals surface area contributed by atoms with Crippen molar-refractivity contribution in [3.63, 3.8) is 0 Å². The molecule has 0 bridgehead atoms. The Bertz CT molecular complexity index is 1720. The molecule has 0 spiro atoms. The standard InChI is InChI=1S/C32H29ClF3N5O3/c1-4-40-30-25(19(3)39-41(30)24-14-6-5-7-15-24)26(20-10-9-13-23(17-20)37-28(42)18(2)33)27(31(40)44)38-29(43)21-11-8-12-22(16-21)32(34,35)36/h5-18,26-27H,4H2,1-3H3,(H,37,42)(H,38,43)/t18-,26-,27+/m0/s1. The summed E-state index contributed by atoms with van der Waals surface area (Å²) in [5, 5.41) is 9.44. The van der Waals surface area contributed by atoms with Crippen molar-refractivity contribution in [2.45, 2.75) is 44.3 Å². The van der Waals surface area contributed by atoms with Crippen molar-refractivity contribution in [2.24, 2.45) is 0 Å². The van der Waals surface area contributed by atoms with Gasteiger partial charge in [-0.2, -0.15) is 18.3 Å². The van der Waals surface area contributed by atoms with Gasteiger partial charge in [0.25, 0.3) is 11.8 Å². The zero-order chi connectivity index (χ0) is 31.8. The molecule has 0 radical (unpaired) electrons. The minimum atomic E-state index is -4.65. The quantitative estimate of drug-likeness (QED) is 0.245. The molecular weight excluding hydrogens is 595 g/mol. The summed E-state index contributed by atoms with van der Waals surface area (Å²) in [5.74, 6) is -2.03. The number of anilines is 2. The Hall–Kier alpha value is -4.64. The van der Waals surface area contributed by atoms with Crippen LogP contribution < -0.4 is 15.5 Å². The summed E-state index contributed by atoms with van der Waals surface area (Å²) in [6, 6.07) is 18.9. The molecule has 3 aromatic carbocycles.